The van der Waals surface area contributed by atoms with Crippen molar-refractivity contribution in [3.05, 3.63) is 40.1 Å². The number of carbonyl (C=O) groups excluding carboxylic acids is 1. The van der Waals surface area contributed by atoms with Crippen molar-refractivity contribution >= 4 is 17.3 Å². The van der Waals surface area contributed by atoms with Crippen molar-refractivity contribution in [2.45, 2.75) is 19.8 Å². The van der Waals surface area contributed by atoms with Gasteiger partial charge in [0.05, 0.1) is 4.92 Å². The summed E-state index contributed by atoms with van der Waals surface area (Å²) in [5.41, 5.74) is 1.18. The molecule has 1 aromatic heterocycles. The normalized spacial score (nSPS) is 14.1. The average molecular weight is 285 g/mol. The summed E-state index contributed by atoms with van der Waals surface area (Å²) in [6.45, 7) is 2.74. The molecule has 0 bridgehead atoms. The Morgan fingerprint density at radius 3 is 2.81 bits per heavy atom. The maximum Gasteiger partial charge on any atom is 0.311 e. The van der Waals surface area contributed by atoms with Crippen molar-refractivity contribution in [1.82, 2.24) is 4.98 Å². The topological polar surface area (TPSA) is 76.3 Å². The van der Waals surface area contributed by atoms with Gasteiger partial charge in [0.25, 0.3) is 0 Å². The first kappa shape index (κ1) is 14.7. The van der Waals surface area contributed by atoms with Gasteiger partial charge in [-0.2, -0.15) is 0 Å². The number of aromatic nitrogens is 1. The smallest absolute Gasteiger partial charge is 0.311 e. The third kappa shape index (κ3) is 3.89. The molecule has 1 aromatic rings. The van der Waals surface area contributed by atoms with Crippen molar-refractivity contribution in [3.63, 3.8) is 0 Å². The second-order valence-corrected chi connectivity index (χ2v) is 4.72. The van der Waals surface area contributed by atoms with Crippen LogP contribution in [0.2, 0.25) is 0 Å². The predicted octanol–water partition coefficient (Wildman–Crippen LogP) is 2.11. The predicted molar refractivity (Wildman–Crippen MR) is 78.9 cm³/mol. The molecule has 1 aliphatic rings. The van der Waals surface area contributed by atoms with Crippen LogP contribution in [0.5, 0.6) is 0 Å². The third-order valence-corrected chi connectivity index (χ3v) is 3.19. The molecule has 2 heterocycles. The number of anilines is 1. The Morgan fingerprint density at radius 1 is 1.48 bits per heavy atom. The average Bonchev–Trinajstić information content (AvgIpc) is 2.47. The maximum absolute atomic E-state index is 11.0. The van der Waals surface area contributed by atoms with Gasteiger partial charge in [-0.3, -0.25) is 14.9 Å². The number of piperidine rings is 1. The summed E-state index contributed by atoms with van der Waals surface area (Å²) in [4.78, 5) is 27.4. The van der Waals surface area contributed by atoms with E-state index in [9.17, 15) is 14.9 Å². The van der Waals surface area contributed by atoms with Gasteiger partial charge in [-0.25, -0.2) is 4.98 Å². The van der Waals surface area contributed by atoms with Gasteiger partial charge < -0.3 is 4.90 Å². The Balaban J connectivity index is 2.07. The number of allylic oxidation sites excluding steroid dienone is 1. The first-order valence-electron chi connectivity index (χ1n) is 6.62. The van der Waals surface area contributed by atoms with Gasteiger partial charge in [0.1, 0.15) is 0 Å². The molecule has 0 aliphatic carbocycles. The summed E-state index contributed by atoms with van der Waals surface area (Å²) in [6.07, 6.45) is 4.86. The fourth-order valence-electron chi connectivity index (χ4n) is 2.16. The maximum atomic E-state index is 11.0. The molecule has 0 radical (unpaired) electrons. The number of pyridine rings is 1. The largest absolute Gasteiger partial charge is 0.350 e. The monoisotopic (exact) mass is 285 g/mol. The fourth-order valence-corrected chi connectivity index (χ4v) is 2.16. The number of nitrogens with zero attached hydrogens (tertiary/aromatic N) is 3. The summed E-state index contributed by atoms with van der Waals surface area (Å²) >= 11 is 0. The number of rotatable bonds is 2. The molecule has 0 saturated carbocycles. The van der Waals surface area contributed by atoms with Crippen LogP contribution < -0.4 is 4.90 Å². The van der Waals surface area contributed by atoms with Gasteiger partial charge in [0.2, 0.25) is 11.6 Å². The van der Waals surface area contributed by atoms with E-state index < -0.39 is 4.92 Å². The zero-order valence-electron chi connectivity index (χ0n) is 11.7. The summed E-state index contributed by atoms with van der Waals surface area (Å²) in [6, 6.07) is 3.03. The number of ketones is 1. The van der Waals surface area contributed by atoms with E-state index in [2.05, 4.69) is 16.8 Å². The van der Waals surface area contributed by atoms with Crippen LogP contribution >= 0.6 is 0 Å². The minimum atomic E-state index is -0.411. The zero-order chi connectivity index (χ0) is 15.2. The number of hydrogen-bond donors (Lipinski definition) is 0. The van der Waals surface area contributed by atoms with E-state index in [0.29, 0.717) is 18.9 Å². The molecule has 6 nitrogen and oxygen atoms in total. The zero-order valence-corrected chi connectivity index (χ0v) is 11.7. The van der Waals surface area contributed by atoms with Crippen molar-refractivity contribution in [1.29, 1.82) is 0 Å². The van der Waals surface area contributed by atoms with E-state index >= 15 is 0 Å². The molecule has 0 spiro atoms. The Labute approximate surface area is 122 Å². The van der Waals surface area contributed by atoms with Crippen LogP contribution in [-0.4, -0.2) is 28.8 Å². The SMILES string of the molecule is CC(=O)C#CC=C1CCN(c2ncccc2[N+](=O)[O-])CC1. The standard InChI is InChI=1S/C15H15N3O3/c1-12(19)4-2-5-13-7-10-17(11-8-13)15-14(18(20)21)6-3-9-16-15/h3,5-6,9H,7-8,10-11H2,1H3. The molecule has 2 rings (SSSR count). The fraction of sp³-hybridized carbons (Fsp3) is 0.333. The quantitative estimate of drug-likeness (QED) is 0.360. The van der Waals surface area contributed by atoms with Crippen LogP contribution in [-0.2, 0) is 4.79 Å². The molecule has 1 fully saturated rings. The van der Waals surface area contributed by atoms with E-state index in [1.165, 1.54) is 13.0 Å². The lowest BCUT2D eigenvalue weighted by Gasteiger charge is -2.28. The van der Waals surface area contributed by atoms with Gasteiger partial charge in [-0.1, -0.05) is 11.5 Å². The number of nitro groups is 1. The lowest BCUT2D eigenvalue weighted by molar-refractivity contribution is -0.384. The number of Topliss-reactive ketones (excluding diaryl/α,β-unsaturated/α-hetero) is 1. The van der Waals surface area contributed by atoms with Gasteiger partial charge in [-0.05, 0) is 30.9 Å². The second-order valence-electron chi connectivity index (χ2n) is 4.72. The van der Waals surface area contributed by atoms with Crippen LogP contribution in [0.4, 0.5) is 11.5 Å². The van der Waals surface area contributed by atoms with Crippen molar-refractivity contribution in [3.8, 4) is 11.8 Å². The Hall–Kier alpha value is -2.68. The molecule has 108 valence electrons. The van der Waals surface area contributed by atoms with Crippen LogP contribution in [0.3, 0.4) is 0 Å². The summed E-state index contributed by atoms with van der Waals surface area (Å²) < 4.78 is 0. The highest BCUT2D eigenvalue weighted by molar-refractivity contribution is 5.93. The van der Waals surface area contributed by atoms with Gasteiger partial charge in [0, 0.05) is 32.3 Å². The minimum Gasteiger partial charge on any atom is -0.350 e. The van der Waals surface area contributed by atoms with E-state index in [0.717, 1.165) is 18.4 Å². The Kier molecular flexibility index (Phi) is 4.67. The molecule has 0 aromatic carbocycles. The summed E-state index contributed by atoms with van der Waals surface area (Å²) in [5, 5.41) is 11.0. The molecule has 6 heteroatoms. The third-order valence-electron chi connectivity index (χ3n) is 3.19. The number of hydrogen-bond acceptors (Lipinski definition) is 5. The van der Waals surface area contributed by atoms with Crippen molar-refractivity contribution in [2.24, 2.45) is 0 Å². The molecule has 0 N–H and O–H groups in total. The van der Waals surface area contributed by atoms with E-state index in [1.807, 2.05) is 4.90 Å². The molecule has 0 amide bonds. The molecular formula is C15H15N3O3. The van der Waals surface area contributed by atoms with Crippen LogP contribution in [0.1, 0.15) is 19.8 Å². The highest BCUT2D eigenvalue weighted by atomic mass is 16.6. The Morgan fingerprint density at radius 2 is 2.19 bits per heavy atom. The highest BCUT2D eigenvalue weighted by Gasteiger charge is 2.23. The summed E-state index contributed by atoms with van der Waals surface area (Å²) in [5.74, 6) is 5.47. The lowest BCUT2D eigenvalue weighted by atomic mass is 10.0. The molecule has 1 saturated heterocycles. The molecule has 21 heavy (non-hydrogen) atoms. The van der Waals surface area contributed by atoms with Crippen molar-refractivity contribution in [2.75, 3.05) is 18.0 Å². The van der Waals surface area contributed by atoms with Crippen LogP contribution in [0.25, 0.3) is 0 Å². The summed E-state index contributed by atoms with van der Waals surface area (Å²) in [7, 11) is 0. The molecular weight excluding hydrogens is 270 g/mol. The first-order valence-corrected chi connectivity index (χ1v) is 6.62. The second kappa shape index (κ2) is 6.66. The van der Waals surface area contributed by atoms with Crippen LogP contribution in [0.15, 0.2) is 30.0 Å². The minimum absolute atomic E-state index is 0.0290. The Bertz CT molecular complexity index is 646. The highest BCUT2D eigenvalue weighted by Crippen LogP contribution is 2.28. The van der Waals surface area contributed by atoms with Gasteiger partial charge in [0.15, 0.2) is 0 Å². The first-order chi connectivity index (χ1) is 10.1. The lowest BCUT2D eigenvalue weighted by Crippen LogP contribution is -2.31. The number of carbonyl (C=O) groups is 1. The van der Waals surface area contributed by atoms with E-state index in [-0.39, 0.29) is 11.5 Å². The van der Waals surface area contributed by atoms with Gasteiger partial charge in [-0.15, -0.1) is 0 Å². The van der Waals surface area contributed by atoms with Crippen molar-refractivity contribution < 1.29 is 9.72 Å². The molecule has 1 aliphatic heterocycles. The van der Waals surface area contributed by atoms with Crippen LogP contribution in [0, 0.1) is 22.0 Å². The van der Waals surface area contributed by atoms with E-state index in [1.54, 1.807) is 18.3 Å². The molecule has 0 atom stereocenters. The van der Waals surface area contributed by atoms with Gasteiger partial charge >= 0.3 is 5.69 Å². The molecule has 0 unspecified atom stereocenters. The van der Waals surface area contributed by atoms with E-state index in [4.69, 9.17) is 0 Å².